The average Bonchev–Trinajstić information content (AvgIpc) is 2.97. The minimum absolute atomic E-state index is 0.0881. The van der Waals surface area contributed by atoms with Crippen LogP contribution in [0.5, 0.6) is 0 Å². The number of Topliss-reactive ketones (excluding diaryl/α,β-unsaturated/α-hetero) is 1. The number of carbonyl (C=O) groups excluding carboxylic acids is 1. The minimum atomic E-state index is -2.76. The lowest BCUT2D eigenvalue weighted by Crippen LogP contribution is -2.39. The van der Waals surface area contributed by atoms with Crippen molar-refractivity contribution in [3.05, 3.63) is 27.2 Å². The van der Waals surface area contributed by atoms with Crippen molar-refractivity contribution in [1.82, 2.24) is 18.7 Å². The van der Waals surface area contributed by atoms with Crippen molar-refractivity contribution in [3.8, 4) is 0 Å². The lowest BCUT2D eigenvalue weighted by molar-refractivity contribution is -0.117. The molecule has 0 bridgehead atoms. The first-order valence-corrected chi connectivity index (χ1v) is 5.87. The smallest absolute Gasteiger partial charge is 0.328 e. The maximum atomic E-state index is 12.7. The van der Waals surface area contributed by atoms with Gasteiger partial charge in [0.25, 0.3) is 5.56 Å². The summed E-state index contributed by atoms with van der Waals surface area (Å²) in [5.41, 5.74) is -2.78. The molecule has 0 aliphatic carbocycles. The van der Waals surface area contributed by atoms with Crippen molar-refractivity contribution < 1.29 is 15.8 Å². The highest BCUT2D eigenvalue weighted by Crippen LogP contribution is 2.04. The Kier molecular flexibility index (Phi) is 1.91. The van der Waals surface area contributed by atoms with Crippen LogP contribution in [0.15, 0.2) is 15.9 Å². The van der Waals surface area contributed by atoms with Crippen LogP contribution in [0.25, 0.3) is 11.2 Å². The number of aromatic nitrogens is 4. The van der Waals surface area contributed by atoms with E-state index in [0.29, 0.717) is 13.7 Å². The summed E-state index contributed by atoms with van der Waals surface area (Å²) in [5.74, 6) is -0.939. The Morgan fingerprint density at radius 2 is 2.25 bits per heavy atom. The highest BCUT2D eigenvalue weighted by atomic mass is 16.2. The molecular formula is C13H18N4O3. The maximum Gasteiger partial charge on any atom is 0.332 e. The summed E-state index contributed by atoms with van der Waals surface area (Å²) in [4.78, 5) is 40.4. The molecule has 0 saturated carbocycles. The third-order valence-corrected chi connectivity index (χ3v) is 2.90. The number of hydrogen-bond donors (Lipinski definition) is 0. The van der Waals surface area contributed by atoms with Crippen molar-refractivity contribution in [2.45, 2.75) is 32.7 Å². The molecule has 0 aliphatic heterocycles. The molecule has 0 atom stereocenters. The third kappa shape index (κ3) is 2.43. The van der Waals surface area contributed by atoms with Gasteiger partial charge in [-0.3, -0.25) is 13.9 Å². The maximum absolute atomic E-state index is 12.7. The molecule has 2 rings (SSSR count). The van der Waals surface area contributed by atoms with Crippen molar-refractivity contribution >= 4 is 16.9 Å². The van der Waals surface area contributed by atoms with E-state index in [1.807, 2.05) is 0 Å². The van der Waals surface area contributed by atoms with Crippen LogP contribution in [0.4, 0.5) is 0 Å². The zero-order valence-electron chi connectivity index (χ0n) is 18.5. The largest absolute Gasteiger partial charge is 0.332 e. The van der Waals surface area contributed by atoms with Gasteiger partial charge in [-0.1, -0.05) is 0 Å². The Hall–Kier alpha value is -2.18. The van der Waals surface area contributed by atoms with Gasteiger partial charge in [-0.05, 0) is 19.7 Å². The summed E-state index contributed by atoms with van der Waals surface area (Å²) >= 11 is 0. The van der Waals surface area contributed by atoms with Gasteiger partial charge in [0.05, 0.1) is 6.33 Å². The molecular weight excluding hydrogens is 260 g/mol. The molecule has 0 unspecified atom stereocenters. The Labute approximate surface area is 126 Å². The molecule has 0 aromatic carbocycles. The van der Waals surface area contributed by atoms with Crippen LogP contribution in [0.3, 0.4) is 0 Å². The summed E-state index contributed by atoms with van der Waals surface area (Å²) in [6.45, 7) is -7.60. The van der Waals surface area contributed by atoms with Crippen LogP contribution in [0, 0.1) is 0 Å². The highest BCUT2D eigenvalue weighted by molar-refractivity contribution is 5.75. The number of nitrogens with zero attached hydrogens (tertiary/aromatic N) is 4. The number of fused-ring (bicyclic) bond motifs is 1. The third-order valence-electron chi connectivity index (χ3n) is 2.90. The van der Waals surface area contributed by atoms with Crippen LogP contribution in [0.2, 0.25) is 0 Å². The zero-order valence-corrected chi connectivity index (χ0v) is 10.5. The standard InChI is InChI=1S/C13H18N4O3/c1-9(18)6-4-5-7-17-12(19)10-11(14-8-15(10)2)16(3)13(17)20/h8H,4-7H2,1-3H3/i1D3,2D3,3D2. The fourth-order valence-corrected chi connectivity index (χ4v) is 1.90. The number of ketones is 1. The van der Waals surface area contributed by atoms with Gasteiger partial charge in [0.15, 0.2) is 11.2 Å². The van der Waals surface area contributed by atoms with E-state index < -0.39 is 43.4 Å². The fraction of sp³-hybridized carbons (Fsp3) is 0.538. The molecule has 0 aliphatic rings. The second-order valence-electron chi connectivity index (χ2n) is 4.28. The first kappa shape index (κ1) is 7.01. The molecule has 0 spiro atoms. The van der Waals surface area contributed by atoms with Crippen LogP contribution in [0.1, 0.15) is 37.1 Å². The van der Waals surface area contributed by atoms with Crippen LogP contribution in [-0.4, -0.2) is 24.5 Å². The molecule has 7 nitrogen and oxygen atoms in total. The first-order chi connectivity index (χ1) is 12.8. The molecule has 0 saturated heterocycles. The molecule has 7 heteroatoms. The molecule has 0 fully saturated rings. The SMILES string of the molecule is [2H]C([2H])n1c(=O)n(CCCCC(=O)C([2H])([2H])[2H])c(=O)c2c1ncn2C([2H])([2H])[2H]. The van der Waals surface area contributed by atoms with Crippen molar-refractivity contribution in [2.24, 2.45) is 14.0 Å². The number of unbranched alkanes of at least 4 members (excludes halogenated alkanes) is 1. The molecule has 0 amide bonds. The molecule has 20 heavy (non-hydrogen) atoms. The van der Waals surface area contributed by atoms with Gasteiger partial charge in [-0.2, -0.15) is 0 Å². The molecule has 2 heterocycles. The van der Waals surface area contributed by atoms with Gasteiger partial charge in [0.2, 0.25) is 0 Å². The Morgan fingerprint density at radius 1 is 1.40 bits per heavy atom. The number of carbonyl (C=O) groups is 1. The molecule has 2 aromatic rings. The van der Waals surface area contributed by atoms with Gasteiger partial charge in [-0.15, -0.1) is 0 Å². The first-order valence-electron chi connectivity index (χ1n) is 10.0. The van der Waals surface area contributed by atoms with Gasteiger partial charge < -0.3 is 9.36 Å². The molecule has 0 radical (unpaired) electrons. The summed E-state index contributed by atoms with van der Waals surface area (Å²) in [6.07, 6.45) is 0.751. The van der Waals surface area contributed by atoms with Gasteiger partial charge in [0, 0.05) is 37.9 Å². The number of aryl methyl sites for hydroxylation is 2. The van der Waals surface area contributed by atoms with E-state index in [1.165, 1.54) is 0 Å². The Balaban J connectivity index is 2.45. The van der Waals surface area contributed by atoms with Gasteiger partial charge >= 0.3 is 5.69 Å². The second kappa shape index (κ2) is 5.44. The van der Waals surface area contributed by atoms with Crippen molar-refractivity contribution in [3.63, 3.8) is 0 Å². The highest BCUT2D eigenvalue weighted by Gasteiger charge is 2.14. The van der Waals surface area contributed by atoms with E-state index in [9.17, 15) is 14.4 Å². The quantitative estimate of drug-likeness (QED) is 0.735. The topological polar surface area (TPSA) is 78.9 Å². The zero-order chi connectivity index (χ0) is 21.4. The van der Waals surface area contributed by atoms with Crippen LogP contribution in [-0.2, 0) is 25.3 Å². The number of hydrogen-bond acceptors (Lipinski definition) is 4. The van der Waals surface area contributed by atoms with E-state index in [2.05, 4.69) is 4.98 Å². The van der Waals surface area contributed by atoms with Crippen molar-refractivity contribution in [1.29, 1.82) is 0 Å². The summed E-state index contributed by atoms with van der Waals surface area (Å²) in [6, 6.07) is 0. The van der Waals surface area contributed by atoms with Crippen LogP contribution >= 0.6 is 0 Å². The van der Waals surface area contributed by atoms with E-state index in [-0.39, 0.29) is 31.5 Å². The number of rotatable bonds is 5. The predicted octanol–water partition coefficient (Wildman–Crippen LogP) is 0.193. The van der Waals surface area contributed by atoms with E-state index in [0.717, 1.165) is 6.33 Å². The van der Waals surface area contributed by atoms with E-state index in [1.54, 1.807) is 0 Å². The Morgan fingerprint density at radius 3 is 2.95 bits per heavy atom. The molecule has 2 aromatic heterocycles. The Bertz CT molecular complexity index is 999. The molecule has 108 valence electrons. The summed E-state index contributed by atoms with van der Waals surface area (Å²) in [7, 11) is 0. The van der Waals surface area contributed by atoms with Crippen molar-refractivity contribution in [2.75, 3.05) is 0 Å². The lowest BCUT2D eigenvalue weighted by Gasteiger charge is -2.08. The predicted molar refractivity (Wildman–Crippen MR) is 74.7 cm³/mol. The average molecular weight is 286 g/mol. The lowest BCUT2D eigenvalue weighted by atomic mass is 10.2. The number of imidazole rings is 1. The van der Waals surface area contributed by atoms with E-state index in [4.69, 9.17) is 11.0 Å². The molecule has 0 N–H and O–H groups in total. The summed E-state index contributed by atoms with van der Waals surface area (Å²) < 4.78 is 60.4. The summed E-state index contributed by atoms with van der Waals surface area (Å²) in [5, 5.41) is 0. The van der Waals surface area contributed by atoms with Gasteiger partial charge in [-0.25, -0.2) is 9.78 Å². The minimum Gasteiger partial charge on any atom is -0.328 e. The normalized spacial score (nSPS) is 18.4. The second-order valence-corrected chi connectivity index (χ2v) is 4.28. The van der Waals surface area contributed by atoms with Crippen LogP contribution < -0.4 is 11.2 Å². The van der Waals surface area contributed by atoms with Gasteiger partial charge in [0.1, 0.15) is 5.78 Å². The monoisotopic (exact) mass is 286 g/mol. The fourth-order valence-electron chi connectivity index (χ4n) is 1.90. The van der Waals surface area contributed by atoms with E-state index >= 15 is 0 Å².